The van der Waals surface area contributed by atoms with Gasteiger partial charge in [-0.05, 0) is 42.5 Å². The highest BCUT2D eigenvalue weighted by Gasteiger charge is 2.35. The number of ether oxygens (including phenoxy) is 1. The molecule has 2 heterocycles. The lowest BCUT2D eigenvalue weighted by Gasteiger charge is -2.26. The summed E-state index contributed by atoms with van der Waals surface area (Å²) in [6.45, 7) is 0.479. The van der Waals surface area contributed by atoms with E-state index >= 15 is 0 Å². The molecule has 1 aliphatic heterocycles. The highest BCUT2D eigenvalue weighted by Crippen LogP contribution is 2.30. The summed E-state index contributed by atoms with van der Waals surface area (Å²) in [7, 11) is 3.41. The van der Waals surface area contributed by atoms with E-state index in [4.69, 9.17) is 4.74 Å². The van der Waals surface area contributed by atoms with Crippen LogP contribution in [0.5, 0.6) is 0 Å². The molecule has 128 valence electrons. The number of carbonyl (C=O) groups is 1. The van der Waals surface area contributed by atoms with Crippen molar-refractivity contribution in [2.24, 2.45) is 7.05 Å². The molecule has 7 heteroatoms. The molecule has 0 spiro atoms. The SMILES string of the molecule is CO[C@]1(CNC(=O)c2cc(-c3ccc(F)cc3)nn2C)CCSC1. The fraction of sp³-hybridized carbons (Fsp3) is 0.412. The van der Waals surface area contributed by atoms with E-state index in [1.807, 2.05) is 11.8 Å². The van der Waals surface area contributed by atoms with Gasteiger partial charge in [-0.3, -0.25) is 9.48 Å². The van der Waals surface area contributed by atoms with Crippen LogP contribution in [0.25, 0.3) is 11.3 Å². The Hall–Kier alpha value is -1.86. The number of thioether (sulfide) groups is 1. The number of nitrogens with one attached hydrogen (secondary N) is 1. The van der Waals surface area contributed by atoms with E-state index in [1.165, 1.54) is 16.8 Å². The Morgan fingerprint density at radius 1 is 1.46 bits per heavy atom. The van der Waals surface area contributed by atoms with Gasteiger partial charge in [0, 0.05) is 32.0 Å². The Kier molecular flexibility index (Phi) is 4.91. The predicted octanol–water partition coefficient (Wildman–Crippen LogP) is 2.48. The van der Waals surface area contributed by atoms with Crippen molar-refractivity contribution in [3.8, 4) is 11.3 Å². The maximum atomic E-state index is 13.0. The highest BCUT2D eigenvalue weighted by molar-refractivity contribution is 7.99. The number of hydrogen-bond acceptors (Lipinski definition) is 4. The van der Waals surface area contributed by atoms with Crippen molar-refractivity contribution in [3.05, 3.63) is 41.8 Å². The van der Waals surface area contributed by atoms with Gasteiger partial charge in [0.05, 0.1) is 11.3 Å². The fourth-order valence-corrected chi connectivity index (χ4v) is 4.13. The van der Waals surface area contributed by atoms with Crippen LogP contribution in [0.15, 0.2) is 30.3 Å². The molecule has 24 heavy (non-hydrogen) atoms. The van der Waals surface area contributed by atoms with Crippen LogP contribution in [0, 0.1) is 5.82 Å². The molecule has 1 aliphatic rings. The maximum Gasteiger partial charge on any atom is 0.269 e. The van der Waals surface area contributed by atoms with Crippen LogP contribution in [0.3, 0.4) is 0 Å². The Balaban J connectivity index is 1.72. The third-order valence-electron chi connectivity index (χ3n) is 4.32. The summed E-state index contributed by atoms with van der Waals surface area (Å²) in [6, 6.07) is 7.77. The van der Waals surface area contributed by atoms with Crippen molar-refractivity contribution in [1.82, 2.24) is 15.1 Å². The lowest BCUT2D eigenvalue weighted by Crippen LogP contribution is -2.44. The van der Waals surface area contributed by atoms with Crippen molar-refractivity contribution in [1.29, 1.82) is 0 Å². The quantitative estimate of drug-likeness (QED) is 0.901. The summed E-state index contributed by atoms with van der Waals surface area (Å²) in [5.41, 5.74) is 1.59. The van der Waals surface area contributed by atoms with Crippen molar-refractivity contribution in [2.75, 3.05) is 25.2 Å². The summed E-state index contributed by atoms with van der Waals surface area (Å²) in [5.74, 6) is 1.44. The van der Waals surface area contributed by atoms with Crippen LogP contribution in [-0.4, -0.2) is 46.4 Å². The van der Waals surface area contributed by atoms with Crippen molar-refractivity contribution >= 4 is 17.7 Å². The van der Waals surface area contributed by atoms with Gasteiger partial charge in [0.2, 0.25) is 0 Å². The van der Waals surface area contributed by atoms with E-state index in [0.29, 0.717) is 17.9 Å². The first-order chi connectivity index (χ1) is 11.5. The monoisotopic (exact) mass is 349 g/mol. The van der Waals surface area contributed by atoms with Gasteiger partial charge in [-0.15, -0.1) is 0 Å². The number of carbonyl (C=O) groups excluding carboxylic acids is 1. The molecule has 1 aromatic carbocycles. The van der Waals surface area contributed by atoms with Crippen LogP contribution < -0.4 is 5.32 Å². The first kappa shape index (κ1) is 17.0. The van der Waals surface area contributed by atoms with Crippen molar-refractivity contribution < 1.29 is 13.9 Å². The molecule has 0 bridgehead atoms. The van der Waals surface area contributed by atoms with Crippen LogP contribution in [-0.2, 0) is 11.8 Å². The molecule has 0 radical (unpaired) electrons. The number of hydrogen-bond donors (Lipinski definition) is 1. The molecule has 0 unspecified atom stereocenters. The third-order valence-corrected chi connectivity index (χ3v) is 5.55. The molecule has 1 aromatic heterocycles. The highest BCUT2D eigenvalue weighted by atomic mass is 32.2. The zero-order valence-corrected chi connectivity index (χ0v) is 14.5. The third kappa shape index (κ3) is 3.47. The zero-order valence-electron chi connectivity index (χ0n) is 13.7. The number of halogens is 1. The van der Waals surface area contributed by atoms with Crippen LogP contribution in [0.1, 0.15) is 16.9 Å². The average molecular weight is 349 g/mol. The Bertz CT molecular complexity index is 724. The lowest BCUT2D eigenvalue weighted by molar-refractivity contribution is 0.0136. The average Bonchev–Trinajstić information content (AvgIpc) is 3.21. The molecular formula is C17H20FN3O2S. The molecule has 1 saturated heterocycles. The van der Waals surface area contributed by atoms with E-state index in [1.54, 1.807) is 32.4 Å². The Morgan fingerprint density at radius 3 is 2.83 bits per heavy atom. The topological polar surface area (TPSA) is 56.1 Å². The summed E-state index contributed by atoms with van der Waals surface area (Å²) in [6.07, 6.45) is 0.931. The van der Waals surface area contributed by atoms with Gasteiger partial charge in [0.15, 0.2) is 0 Å². The van der Waals surface area contributed by atoms with E-state index < -0.39 is 0 Å². The van der Waals surface area contributed by atoms with E-state index in [2.05, 4.69) is 10.4 Å². The molecule has 3 rings (SSSR count). The van der Waals surface area contributed by atoms with E-state index in [9.17, 15) is 9.18 Å². The minimum Gasteiger partial charge on any atom is -0.376 e. The summed E-state index contributed by atoms with van der Waals surface area (Å²) < 4.78 is 20.2. The van der Waals surface area contributed by atoms with Crippen LogP contribution in [0.2, 0.25) is 0 Å². The summed E-state index contributed by atoms with van der Waals surface area (Å²) >= 11 is 1.83. The standard InChI is InChI=1S/C17H20FN3O2S/c1-21-15(9-14(20-21)12-3-5-13(18)6-4-12)16(22)19-10-17(23-2)7-8-24-11-17/h3-6,9H,7-8,10-11H2,1-2H3,(H,19,22)/t17-/m0/s1. The second-order valence-corrected chi connectivity index (χ2v) is 7.02. The van der Waals surface area contributed by atoms with E-state index in [-0.39, 0.29) is 17.3 Å². The van der Waals surface area contributed by atoms with Crippen molar-refractivity contribution in [3.63, 3.8) is 0 Å². The Labute approximate surface area is 144 Å². The number of methoxy groups -OCH3 is 1. The second kappa shape index (κ2) is 6.94. The molecule has 1 fully saturated rings. The number of benzene rings is 1. The van der Waals surface area contributed by atoms with Gasteiger partial charge < -0.3 is 10.1 Å². The van der Waals surface area contributed by atoms with Crippen LogP contribution in [0.4, 0.5) is 4.39 Å². The maximum absolute atomic E-state index is 13.0. The number of rotatable bonds is 5. The van der Waals surface area contributed by atoms with Gasteiger partial charge in [0.25, 0.3) is 5.91 Å². The van der Waals surface area contributed by atoms with Gasteiger partial charge in [-0.2, -0.15) is 16.9 Å². The van der Waals surface area contributed by atoms with Gasteiger partial charge >= 0.3 is 0 Å². The molecular weight excluding hydrogens is 329 g/mol. The van der Waals surface area contributed by atoms with Gasteiger partial charge in [-0.25, -0.2) is 4.39 Å². The molecule has 1 N–H and O–H groups in total. The Morgan fingerprint density at radius 2 is 2.21 bits per heavy atom. The molecule has 0 aliphatic carbocycles. The summed E-state index contributed by atoms with van der Waals surface area (Å²) in [5, 5.41) is 7.30. The van der Waals surface area contributed by atoms with Gasteiger partial charge in [0.1, 0.15) is 11.5 Å². The summed E-state index contributed by atoms with van der Waals surface area (Å²) in [4.78, 5) is 12.5. The first-order valence-corrected chi connectivity index (χ1v) is 8.89. The number of aromatic nitrogens is 2. The van der Waals surface area contributed by atoms with E-state index in [0.717, 1.165) is 23.5 Å². The molecule has 1 atom stereocenters. The number of nitrogens with zero attached hydrogens (tertiary/aromatic N) is 2. The minimum absolute atomic E-state index is 0.188. The number of aryl methyl sites for hydroxylation is 1. The molecule has 1 amide bonds. The predicted molar refractivity (Wildman–Crippen MR) is 92.6 cm³/mol. The largest absolute Gasteiger partial charge is 0.376 e. The zero-order chi connectivity index (χ0) is 17.2. The smallest absolute Gasteiger partial charge is 0.269 e. The van der Waals surface area contributed by atoms with Gasteiger partial charge in [-0.1, -0.05) is 0 Å². The first-order valence-electron chi connectivity index (χ1n) is 7.74. The van der Waals surface area contributed by atoms with Crippen molar-refractivity contribution in [2.45, 2.75) is 12.0 Å². The second-order valence-electron chi connectivity index (χ2n) is 5.92. The fourth-order valence-electron chi connectivity index (χ4n) is 2.73. The van der Waals surface area contributed by atoms with Crippen LogP contribution >= 0.6 is 11.8 Å². The lowest BCUT2D eigenvalue weighted by atomic mass is 10.0. The molecule has 2 aromatic rings. The number of amides is 1. The minimum atomic E-state index is -0.299. The normalized spacial score (nSPS) is 20.3. The molecule has 0 saturated carbocycles. The molecule has 5 nitrogen and oxygen atoms in total.